The maximum atomic E-state index is 10.8. The molecular weight excluding hydrogens is 252 g/mol. The molecular formula is C17H14O3. The number of ether oxygens (including phenoxy) is 1. The molecule has 3 nitrogen and oxygen atoms in total. The van der Waals surface area contributed by atoms with E-state index in [0.29, 0.717) is 11.3 Å². The Labute approximate surface area is 117 Å². The van der Waals surface area contributed by atoms with Crippen LogP contribution >= 0.6 is 0 Å². The lowest BCUT2D eigenvalue weighted by molar-refractivity contribution is -0.144. The van der Waals surface area contributed by atoms with Gasteiger partial charge in [0, 0.05) is 5.56 Å². The monoisotopic (exact) mass is 266 g/mol. The molecule has 0 aromatic heterocycles. The molecule has 100 valence electrons. The van der Waals surface area contributed by atoms with E-state index >= 15 is 0 Å². The average molecular weight is 266 g/mol. The number of benzene rings is 2. The first-order valence-electron chi connectivity index (χ1n) is 6.22. The van der Waals surface area contributed by atoms with Crippen molar-refractivity contribution in [2.24, 2.45) is 0 Å². The van der Waals surface area contributed by atoms with Crippen molar-refractivity contribution in [1.29, 1.82) is 0 Å². The molecule has 0 heterocycles. The smallest absolute Gasteiger partial charge is 0.344 e. The predicted molar refractivity (Wildman–Crippen MR) is 76.6 cm³/mol. The summed E-state index contributed by atoms with van der Waals surface area (Å²) in [6.45, 7) is 1.49. The van der Waals surface area contributed by atoms with Gasteiger partial charge in [0.15, 0.2) is 6.10 Å². The second-order valence-corrected chi connectivity index (χ2v) is 4.21. The van der Waals surface area contributed by atoms with E-state index in [0.717, 1.165) is 5.56 Å². The van der Waals surface area contributed by atoms with Gasteiger partial charge in [-0.3, -0.25) is 0 Å². The molecule has 2 aromatic rings. The van der Waals surface area contributed by atoms with E-state index in [9.17, 15) is 4.79 Å². The Kier molecular flexibility index (Phi) is 4.41. The SMILES string of the molecule is CC(Oc1ccccc1C#Cc1ccccc1)C(=O)O. The molecule has 20 heavy (non-hydrogen) atoms. The quantitative estimate of drug-likeness (QED) is 0.869. The topological polar surface area (TPSA) is 46.5 Å². The van der Waals surface area contributed by atoms with Gasteiger partial charge in [-0.05, 0) is 31.2 Å². The lowest BCUT2D eigenvalue weighted by Gasteiger charge is -2.11. The summed E-state index contributed by atoms with van der Waals surface area (Å²) < 4.78 is 5.39. The molecule has 1 unspecified atom stereocenters. The second-order valence-electron chi connectivity index (χ2n) is 4.21. The Hall–Kier alpha value is -2.73. The molecule has 0 radical (unpaired) electrons. The number of hydrogen-bond acceptors (Lipinski definition) is 2. The highest BCUT2D eigenvalue weighted by Crippen LogP contribution is 2.18. The number of carboxylic acids is 1. The Bertz CT molecular complexity index is 651. The lowest BCUT2D eigenvalue weighted by Crippen LogP contribution is -2.23. The molecule has 0 fully saturated rings. The summed E-state index contributed by atoms with van der Waals surface area (Å²) in [7, 11) is 0. The predicted octanol–water partition coefficient (Wildman–Crippen LogP) is 2.94. The minimum Gasteiger partial charge on any atom is -0.479 e. The van der Waals surface area contributed by atoms with Crippen LogP contribution in [0.15, 0.2) is 54.6 Å². The van der Waals surface area contributed by atoms with Gasteiger partial charge in [-0.25, -0.2) is 4.79 Å². The van der Waals surface area contributed by atoms with Crippen LogP contribution in [-0.4, -0.2) is 17.2 Å². The summed E-state index contributed by atoms with van der Waals surface area (Å²) in [5.41, 5.74) is 1.57. The first kappa shape index (κ1) is 13.7. The molecule has 2 rings (SSSR count). The molecule has 0 aliphatic carbocycles. The fraction of sp³-hybridized carbons (Fsp3) is 0.118. The maximum absolute atomic E-state index is 10.8. The molecule has 1 atom stereocenters. The summed E-state index contributed by atoms with van der Waals surface area (Å²) in [6, 6.07) is 16.7. The van der Waals surface area contributed by atoms with Crippen LogP contribution in [0.2, 0.25) is 0 Å². The van der Waals surface area contributed by atoms with Crippen LogP contribution in [0.4, 0.5) is 0 Å². The van der Waals surface area contributed by atoms with Crippen LogP contribution in [0.3, 0.4) is 0 Å². The third-order valence-electron chi connectivity index (χ3n) is 2.65. The number of carbonyl (C=O) groups is 1. The molecule has 0 amide bonds. The van der Waals surface area contributed by atoms with Gasteiger partial charge in [0.1, 0.15) is 5.75 Å². The zero-order valence-electron chi connectivity index (χ0n) is 11.0. The summed E-state index contributed by atoms with van der Waals surface area (Å²) in [4.78, 5) is 10.8. The minimum atomic E-state index is -1.00. The summed E-state index contributed by atoms with van der Waals surface area (Å²) in [5, 5.41) is 8.88. The van der Waals surface area contributed by atoms with Crippen molar-refractivity contribution in [2.45, 2.75) is 13.0 Å². The van der Waals surface area contributed by atoms with Crippen molar-refractivity contribution < 1.29 is 14.6 Å². The van der Waals surface area contributed by atoms with E-state index in [4.69, 9.17) is 9.84 Å². The van der Waals surface area contributed by atoms with Gasteiger partial charge in [0.25, 0.3) is 0 Å². The van der Waals surface area contributed by atoms with Crippen molar-refractivity contribution >= 4 is 5.97 Å². The fourth-order valence-electron chi connectivity index (χ4n) is 1.57. The van der Waals surface area contributed by atoms with E-state index in [1.807, 2.05) is 36.4 Å². The van der Waals surface area contributed by atoms with Crippen molar-refractivity contribution in [2.75, 3.05) is 0 Å². The maximum Gasteiger partial charge on any atom is 0.344 e. The normalized spacial score (nSPS) is 11.1. The standard InChI is InChI=1S/C17H14O3/c1-13(17(18)19)20-16-10-6-5-9-15(16)12-11-14-7-3-2-4-8-14/h2-10,13H,1H3,(H,18,19). The molecule has 1 N–H and O–H groups in total. The number of aliphatic carboxylic acids is 1. The molecule has 0 aliphatic rings. The summed E-state index contributed by atoms with van der Waals surface area (Å²) >= 11 is 0. The van der Waals surface area contributed by atoms with Crippen LogP contribution in [-0.2, 0) is 4.79 Å². The molecule has 3 heteroatoms. The lowest BCUT2D eigenvalue weighted by atomic mass is 10.1. The van der Waals surface area contributed by atoms with Crippen LogP contribution in [0.1, 0.15) is 18.1 Å². The number of hydrogen-bond donors (Lipinski definition) is 1. The van der Waals surface area contributed by atoms with Gasteiger partial charge >= 0.3 is 5.97 Å². The van der Waals surface area contributed by atoms with E-state index < -0.39 is 12.1 Å². The van der Waals surface area contributed by atoms with Gasteiger partial charge in [-0.1, -0.05) is 42.2 Å². The highest BCUT2D eigenvalue weighted by atomic mass is 16.5. The third kappa shape index (κ3) is 3.63. The Morgan fingerprint density at radius 1 is 1.05 bits per heavy atom. The molecule has 0 bridgehead atoms. The van der Waals surface area contributed by atoms with E-state index in [1.165, 1.54) is 6.92 Å². The van der Waals surface area contributed by atoms with Gasteiger partial charge in [-0.2, -0.15) is 0 Å². The van der Waals surface area contributed by atoms with Gasteiger partial charge in [0.05, 0.1) is 5.56 Å². The van der Waals surface area contributed by atoms with E-state index in [-0.39, 0.29) is 0 Å². The molecule has 0 saturated carbocycles. The Morgan fingerprint density at radius 2 is 1.70 bits per heavy atom. The van der Waals surface area contributed by atoms with Crippen LogP contribution < -0.4 is 4.74 Å². The zero-order chi connectivity index (χ0) is 14.4. The van der Waals surface area contributed by atoms with Crippen molar-refractivity contribution in [1.82, 2.24) is 0 Å². The molecule has 2 aromatic carbocycles. The largest absolute Gasteiger partial charge is 0.479 e. The van der Waals surface area contributed by atoms with Crippen LogP contribution in [0.5, 0.6) is 5.75 Å². The highest BCUT2D eigenvalue weighted by Gasteiger charge is 2.13. The molecule has 0 aliphatic heterocycles. The number of para-hydroxylation sites is 1. The Balaban J connectivity index is 2.25. The number of carboxylic acid groups (broad SMARTS) is 1. The van der Waals surface area contributed by atoms with E-state index in [1.54, 1.807) is 18.2 Å². The van der Waals surface area contributed by atoms with Gasteiger partial charge in [-0.15, -0.1) is 0 Å². The zero-order valence-corrected chi connectivity index (χ0v) is 11.0. The van der Waals surface area contributed by atoms with Crippen molar-refractivity contribution in [3.05, 3.63) is 65.7 Å². The molecule has 0 saturated heterocycles. The Morgan fingerprint density at radius 3 is 2.40 bits per heavy atom. The average Bonchev–Trinajstić information content (AvgIpc) is 2.47. The van der Waals surface area contributed by atoms with Gasteiger partial charge in [0.2, 0.25) is 0 Å². The molecule has 0 spiro atoms. The van der Waals surface area contributed by atoms with Crippen LogP contribution in [0, 0.1) is 11.8 Å². The van der Waals surface area contributed by atoms with Crippen molar-refractivity contribution in [3.8, 4) is 17.6 Å². The first-order chi connectivity index (χ1) is 9.66. The third-order valence-corrected chi connectivity index (χ3v) is 2.65. The minimum absolute atomic E-state index is 0.478. The summed E-state index contributed by atoms with van der Waals surface area (Å²) in [5.74, 6) is 5.51. The van der Waals surface area contributed by atoms with Gasteiger partial charge < -0.3 is 9.84 Å². The number of rotatable bonds is 3. The van der Waals surface area contributed by atoms with Crippen LogP contribution in [0.25, 0.3) is 0 Å². The summed E-state index contributed by atoms with van der Waals surface area (Å²) in [6.07, 6.45) is -0.908. The first-order valence-corrected chi connectivity index (χ1v) is 6.22. The fourth-order valence-corrected chi connectivity index (χ4v) is 1.57. The second kappa shape index (κ2) is 6.44. The van der Waals surface area contributed by atoms with E-state index in [2.05, 4.69) is 11.8 Å². The highest BCUT2D eigenvalue weighted by molar-refractivity contribution is 5.72. The van der Waals surface area contributed by atoms with Crippen molar-refractivity contribution in [3.63, 3.8) is 0 Å².